The summed E-state index contributed by atoms with van der Waals surface area (Å²) >= 11 is 0. The standard InChI is InChI=1S/C6H6N2O.H2/c7-6(9)5-2-1-3-8-4-5;/h1-4H,(H2,7,9);1H. The number of nitrogens with two attached hydrogens (primary N) is 1. The fourth-order valence-electron chi connectivity index (χ4n) is 0.509. The number of rotatable bonds is 1. The molecule has 3 heteroatoms. The Hall–Kier alpha value is -1.38. The van der Waals surface area contributed by atoms with Crippen LogP contribution >= 0.6 is 0 Å². The van der Waals surface area contributed by atoms with Crippen LogP contribution < -0.4 is 5.73 Å². The van der Waals surface area contributed by atoms with Gasteiger partial charge in [-0.05, 0) is 12.1 Å². The Kier molecular flexibility index (Phi) is 1.44. The average Bonchev–Trinajstić information content (AvgIpc) is 1.90. The van der Waals surface area contributed by atoms with Crippen LogP contribution in [0, 0.1) is 0 Å². The number of hydrogen-bond donors (Lipinski definition) is 1. The fraction of sp³-hybridized carbons (Fsp3) is 0. The van der Waals surface area contributed by atoms with Gasteiger partial charge in [0.1, 0.15) is 0 Å². The van der Waals surface area contributed by atoms with Crippen molar-refractivity contribution in [2.45, 2.75) is 0 Å². The van der Waals surface area contributed by atoms with E-state index in [1.54, 1.807) is 18.3 Å². The largest absolute Gasteiger partial charge is 0.366 e. The van der Waals surface area contributed by atoms with E-state index in [-0.39, 0.29) is 1.43 Å². The Bertz CT molecular complexity index is 212. The minimum absolute atomic E-state index is 0. The van der Waals surface area contributed by atoms with E-state index in [1.807, 2.05) is 0 Å². The number of amides is 1. The van der Waals surface area contributed by atoms with Gasteiger partial charge in [0.25, 0.3) is 0 Å². The third kappa shape index (κ3) is 1.25. The number of nitrogens with zero attached hydrogens (tertiary/aromatic N) is 1. The monoisotopic (exact) mass is 124 g/mol. The minimum atomic E-state index is -0.442. The summed E-state index contributed by atoms with van der Waals surface area (Å²) in [5, 5.41) is 0. The molecule has 0 bridgehead atoms. The number of carbonyl (C=O) groups is 1. The molecule has 0 spiro atoms. The van der Waals surface area contributed by atoms with Crippen LogP contribution in [0.5, 0.6) is 0 Å². The van der Waals surface area contributed by atoms with Crippen molar-refractivity contribution in [3.8, 4) is 0 Å². The second-order valence-corrected chi connectivity index (χ2v) is 1.61. The number of carbonyl (C=O) groups excluding carboxylic acids is 1. The molecule has 1 heterocycles. The van der Waals surface area contributed by atoms with Gasteiger partial charge in [0.2, 0.25) is 5.91 Å². The van der Waals surface area contributed by atoms with Crippen LogP contribution in [0.4, 0.5) is 0 Å². The van der Waals surface area contributed by atoms with Crippen molar-refractivity contribution >= 4 is 5.91 Å². The molecule has 48 valence electrons. The molecule has 2 N–H and O–H groups in total. The van der Waals surface area contributed by atoms with Crippen molar-refractivity contribution in [2.24, 2.45) is 5.73 Å². The predicted molar refractivity (Wildman–Crippen MR) is 34.9 cm³/mol. The van der Waals surface area contributed by atoms with Gasteiger partial charge < -0.3 is 5.73 Å². The lowest BCUT2D eigenvalue weighted by Crippen LogP contribution is -2.10. The van der Waals surface area contributed by atoms with Crippen molar-refractivity contribution in [1.82, 2.24) is 4.98 Å². The van der Waals surface area contributed by atoms with E-state index in [1.165, 1.54) is 6.20 Å². The Morgan fingerprint density at radius 1 is 1.78 bits per heavy atom. The molecule has 0 unspecified atom stereocenters. The Labute approximate surface area is 54.0 Å². The van der Waals surface area contributed by atoms with Crippen molar-refractivity contribution in [3.63, 3.8) is 0 Å². The lowest BCUT2D eigenvalue weighted by molar-refractivity contribution is 0.1000. The molecule has 0 saturated carbocycles. The van der Waals surface area contributed by atoms with Gasteiger partial charge in [0.05, 0.1) is 5.56 Å². The maximum atomic E-state index is 10.4. The Balaban J connectivity index is 0.000000810. The van der Waals surface area contributed by atoms with Crippen molar-refractivity contribution in [3.05, 3.63) is 30.1 Å². The molecule has 1 aromatic heterocycles. The molecule has 0 radical (unpaired) electrons. The Morgan fingerprint density at radius 3 is 2.89 bits per heavy atom. The first-order valence-electron chi connectivity index (χ1n) is 2.50. The van der Waals surface area contributed by atoms with E-state index in [4.69, 9.17) is 5.73 Å². The molecule has 1 amide bonds. The van der Waals surface area contributed by atoms with Gasteiger partial charge in [0.15, 0.2) is 0 Å². The zero-order chi connectivity index (χ0) is 6.69. The highest BCUT2D eigenvalue weighted by atomic mass is 16.1. The van der Waals surface area contributed by atoms with Crippen molar-refractivity contribution < 1.29 is 6.22 Å². The molecule has 1 rings (SSSR count). The first-order chi connectivity index (χ1) is 4.30. The number of hydrogen-bond acceptors (Lipinski definition) is 2. The van der Waals surface area contributed by atoms with E-state index < -0.39 is 5.91 Å². The first kappa shape index (κ1) is 5.75. The minimum Gasteiger partial charge on any atom is -0.366 e. The fourth-order valence-corrected chi connectivity index (χ4v) is 0.509. The predicted octanol–water partition coefficient (Wildman–Crippen LogP) is 0.427. The maximum Gasteiger partial charge on any atom is 0.250 e. The van der Waals surface area contributed by atoms with Gasteiger partial charge in [-0.1, -0.05) is 0 Å². The zero-order valence-electron chi connectivity index (χ0n) is 4.74. The van der Waals surface area contributed by atoms with Crippen LogP contribution in [0.3, 0.4) is 0 Å². The number of primary amides is 1. The van der Waals surface area contributed by atoms with Crippen molar-refractivity contribution in [2.75, 3.05) is 0 Å². The summed E-state index contributed by atoms with van der Waals surface area (Å²) < 4.78 is 0. The Morgan fingerprint density at radius 2 is 2.56 bits per heavy atom. The van der Waals surface area contributed by atoms with Gasteiger partial charge in [-0.2, -0.15) is 0 Å². The lowest BCUT2D eigenvalue weighted by atomic mass is 10.3. The molecule has 0 fully saturated rings. The van der Waals surface area contributed by atoms with Gasteiger partial charge >= 0.3 is 0 Å². The topological polar surface area (TPSA) is 56.0 Å². The van der Waals surface area contributed by atoms with E-state index >= 15 is 0 Å². The summed E-state index contributed by atoms with van der Waals surface area (Å²) in [7, 11) is 0. The normalized spacial score (nSPS) is 8.89. The SMILES string of the molecule is NC(=O)c1cccnc1.[HH]. The van der Waals surface area contributed by atoms with Gasteiger partial charge in [-0.3, -0.25) is 9.78 Å². The quantitative estimate of drug-likeness (QED) is 0.590. The van der Waals surface area contributed by atoms with Gasteiger partial charge in [0, 0.05) is 13.8 Å². The summed E-state index contributed by atoms with van der Waals surface area (Å²) in [5.74, 6) is -0.442. The van der Waals surface area contributed by atoms with Crippen LogP contribution in [0.1, 0.15) is 11.8 Å². The van der Waals surface area contributed by atoms with Crippen molar-refractivity contribution in [1.29, 1.82) is 0 Å². The molecule has 0 atom stereocenters. The molecule has 0 aliphatic rings. The maximum absolute atomic E-state index is 10.4. The number of pyridine rings is 1. The highest BCUT2D eigenvalue weighted by Gasteiger charge is 1.94. The first-order valence-corrected chi connectivity index (χ1v) is 2.50. The second kappa shape index (κ2) is 2.26. The molecule has 1 aromatic rings. The summed E-state index contributed by atoms with van der Waals surface area (Å²) in [5.41, 5.74) is 5.38. The lowest BCUT2D eigenvalue weighted by Gasteiger charge is -1.88. The molecule has 0 saturated heterocycles. The van der Waals surface area contributed by atoms with E-state index in [9.17, 15) is 4.79 Å². The van der Waals surface area contributed by atoms with Crippen LogP contribution in [0.15, 0.2) is 24.5 Å². The molecule has 9 heavy (non-hydrogen) atoms. The summed E-state index contributed by atoms with van der Waals surface area (Å²) in [4.78, 5) is 14.1. The highest BCUT2D eigenvalue weighted by Crippen LogP contribution is 1.91. The summed E-state index contributed by atoms with van der Waals surface area (Å²) in [6, 6.07) is 3.29. The second-order valence-electron chi connectivity index (χ2n) is 1.61. The molecule has 3 nitrogen and oxygen atoms in total. The van der Waals surface area contributed by atoms with E-state index in [0.29, 0.717) is 5.56 Å². The summed E-state index contributed by atoms with van der Waals surface area (Å²) in [6.45, 7) is 0. The highest BCUT2D eigenvalue weighted by molar-refractivity contribution is 5.92. The van der Waals surface area contributed by atoms with Crippen LogP contribution in [0.2, 0.25) is 0 Å². The third-order valence-electron chi connectivity index (χ3n) is 0.946. The van der Waals surface area contributed by atoms with E-state index in [0.717, 1.165) is 0 Å². The van der Waals surface area contributed by atoms with Gasteiger partial charge in [-0.15, -0.1) is 0 Å². The average molecular weight is 124 g/mol. The number of aromatic nitrogens is 1. The van der Waals surface area contributed by atoms with Crippen LogP contribution in [-0.2, 0) is 0 Å². The zero-order valence-corrected chi connectivity index (χ0v) is 4.74. The molecule has 0 aliphatic carbocycles. The van der Waals surface area contributed by atoms with Gasteiger partial charge in [-0.25, -0.2) is 0 Å². The smallest absolute Gasteiger partial charge is 0.250 e. The summed E-state index contributed by atoms with van der Waals surface area (Å²) in [6.07, 6.45) is 3.02. The third-order valence-corrected chi connectivity index (χ3v) is 0.946. The molecular weight excluding hydrogens is 116 g/mol. The van der Waals surface area contributed by atoms with E-state index in [2.05, 4.69) is 4.98 Å². The molecular formula is C6H8N2O. The van der Waals surface area contributed by atoms with Crippen LogP contribution in [-0.4, -0.2) is 10.9 Å². The molecule has 0 aliphatic heterocycles. The molecule has 0 aromatic carbocycles. The van der Waals surface area contributed by atoms with Crippen LogP contribution in [0.25, 0.3) is 0 Å².